The predicted molar refractivity (Wildman–Crippen MR) is 117 cm³/mol. The molecule has 0 radical (unpaired) electrons. The Morgan fingerprint density at radius 1 is 1.10 bits per heavy atom. The fourth-order valence-electron chi connectivity index (χ4n) is 3.34. The van der Waals surface area contributed by atoms with Crippen LogP contribution in [0.5, 0.6) is 0 Å². The number of benzene rings is 2. The van der Waals surface area contributed by atoms with Gasteiger partial charge in [0.05, 0.1) is 22.9 Å². The van der Waals surface area contributed by atoms with Gasteiger partial charge in [0.25, 0.3) is 5.91 Å². The van der Waals surface area contributed by atoms with Crippen molar-refractivity contribution in [1.82, 2.24) is 10.3 Å². The Balaban J connectivity index is 1.72. The van der Waals surface area contributed by atoms with E-state index in [1.54, 1.807) is 61.5 Å². The summed E-state index contributed by atoms with van der Waals surface area (Å²) in [5, 5.41) is 27.2. The molecule has 7 nitrogen and oxygen atoms in total. The molecule has 0 saturated carbocycles. The number of carbonyl (C=O) groups excluding carboxylic acids is 1. The van der Waals surface area contributed by atoms with Crippen molar-refractivity contribution in [1.29, 1.82) is 5.26 Å². The summed E-state index contributed by atoms with van der Waals surface area (Å²) in [7, 11) is 0. The van der Waals surface area contributed by atoms with E-state index in [0.29, 0.717) is 17.0 Å². The minimum absolute atomic E-state index is 0.204. The molecule has 0 saturated heterocycles. The number of hydrogen-bond donors (Lipinski definition) is 2. The van der Waals surface area contributed by atoms with Gasteiger partial charge in [0, 0.05) is 11.8 Å². The summed E-state index contributed by atoms with van der Waals surface area (Å²) in [6.45, 7) is 1.80. The molecule has 0 fully saturated rings. The van der Waals surface area contributed by atoms with Crippen LogP contribution in [-0.2, 0) is 4.79 Å². The van der Waals surface area contributed by atoms with Gasteiger partial charge in [-0.1, -0.05) is 30.3 Å². The average Bonchev–Trinajstić information content (AvgIpc) is 2.77. The van der Waals surface area contributed by atoms with Crippen LogP contribution in [-0.4, -0.2) is 33.9 Å². The van der Waals surface area contributed by atoms with Crippen molar-refractivity contribution in [3.05, 3.63) is 95.1 Å². The Kier molecular flexibility index (Phi) is 5.21. The second-order valence-corrected chi connectivity index (χ2v) is 7.10. The van der Waals surface area contributed by atoms with Crippen LogP contribution >= 0.6 is 0 Å². The van der Waals surface area contributed by atoms with Crippen LogP contribution in [0.15, 0.2) is 77.9 Å². The topological polar surface area (TPSA) is 106 Å². The van der Waals surface area contributed by atoms with Gasteiger partial charge in [-0.2, -0.15) is 10.4 Å². The van der Waals surface area contributed by atoms with Crippen molar-refractivity contribution in [2.24, 2.45) is 5.10 Å². The number of hydrogen-bond acceptors (Lipinski definition) is 5. The first-order valence-corrected chi connectivity index (χ1v) is 9.55. The van der Waals surface area contributed by atoms with Gasteiger partial charge < -0.3 is 10.4 Å². The maximum atomic E-state index is 12.8. The third-order valence-electron chi connectivity index (χ3n) is 4.96. The fourth-order valence-corrected chi connectivity index (χ4v) is 3.34. The van der Waals surface area contributed by atoms with Gasteiger partial charge in [-0.25, -0.2) is 9.80 Å². The monoisotopic (exact) mass is 410 g/mol. The van der Waals surface area contributed by atoms with E-state index in [2.05, 4.69) is 16.5 Å². The number of amides is 1. The molecule has 2 N–H and O–H groups in total. The molecule has 2 aliphatic rings. The first-order chi connectivity index (χ1) is 14.9. The first-order valence-electron chi connectivity index (χ1n) is 9.55. The third-order valence-corrected chi connectivity index (χ3v) is 4.96. The summed E-state index contributed by atoms with van der Waals surface area (Å²) in [5.41, 5.74) is 4.45. The van der Waals surface area contributed by atoms with Gasteiger partial charge >= 0.3 is 5.97 Å². The van der Waals surface area contributed by atoms with Gasteiger partial charge in [-0.3, -0.25) is 4.79 Å². The van der Waals surface area contributed by atoms with Crippen LogP contribution in [0, 0.1) is 11.3 Å². The van der Waals surface area contributed by atoms with Crippen LogP contribution in [0.3, 0.4) is 0 Å². The molecule has 2 aromatic carbocycles. The molecular weight excluding hydrogens is 392 g/mol. The van der Waals surface area contributed by atoms with Gasteiger partial charge in [0.1, 0.15) is 6.17 Å². The summed E-state index contributed by atoms with van der Waals surface area (Å²) in [6.07, 6.45) is 6.50. The molecule has 7 heteroatoms. The van der Waals surface area contributed by atoms with Crippen molar-refractivity contribution in [3.63, 3.8) is 0 Å². The van der Waals surface area contributed by atoms with E-state index >= 15 is 0 Å². The van der Waals surface area contributed by atoms with Crippen LogP contribution < -0.4 is 5.32 Å². The number of rotatable bonds is 3. The van der Waals surface area contributed by atoms with Crippen molar-refractivity contribution >= 4 is 28.9 Å². The summed E-state index contributed by atoms with van der Waals surface area (Å²) in [5.74, 6) is -1.26. The number of allylic oxidation sites excluding steroid dienone is 3. The zero-order chi connectivity index (χ0) is 22.0. The number of nitrogens with one attached hydrogen (secondary N) is 1. The van der Waals surface area contributed by atoms with E-state index in [4.69, 9.17) is 10.4 Å². The molecule has 0 bridgehead atoms. The Morgan fingerprint density at radius 2 is 1.77 bits per heavy atom. The van der Waals surface area contributed by atoms with Crippen LogP contribution in [0.2, 0.25) is 0 Å². The Hall–Kier alpha value is -4.44. The van der Waals surface area contributed by atoms with Gasteiger partial charge in [-0.05, 0) is 60.0 Å². The zero-order valence-corrected chi connectivity index (χ0v) is 16.6. The molecule has 0 aliphatic carbocycles. The summed E-state index contributed by atoms with van der Waals surface area (Å²) >= 11 is 0. The fraction of sp³-hybridized carbons (Fsp3) is 0.0833. The Morgan fingerprint density at radius 3 is 2.42 bits per heavy atom. The normalized spacial score (nSPS) is 22.2. The standard InChI is InChI=1S/C24H18N4O3/c1-15-2-5-20(17-8-10-19(11-9-17)24(30)31)12-22-26-21(13-23(29)28(22)27-15)18-6-3-16(14-25)4-7-18/h2-13,22,26H,1H3,(H,30,31)/b5-2-,20-12-,27-15-. The molecule has 1 amide bonds. The van der Waals surface area contributed by atoms with Crippen LogP contribution in [0.25, 0.3) is 11.3 Å². The summed E-state index contributed by atoms with van der Waals surface area (Å²) in [4.78, 5) is 24.0. The van der Waals surface area contributed by atoms with Gasteiger partial charge in [0.2, 0.25) is 0 Å². The number of hydrazone groups is 1. The highest BCUT2D eigenvalue weighted by molar-refractivity contribution is 6.01. The van der Waals surface area contributed by atoms with E-state index in [1.165, 1.54) is 11.1 Å². The third kappa shape index (κ3) is 4.14. The maximum Gasteiger partial charge on any atom is 0.335 e. The number of carbonyl (C=O) groups is 2. The average molecular weight is 410 g/mol. The molecule has 1 unspecified atom stereocenters. The Bertz CT molecular complexity index is 1210. The van der Waals surface area contributed by atoms with Crippen LogP contribution in [0.4, 0.5) is 0 Å². The number of nitriles is 1. The van der Waals surface area contributed by atoms with E-state index < -0.39 is 12.1 Å². The second kappa shape index (κ2) is 8.13. The van der Waals surface area contributed by atoms with Crippen LogP contribution in [0.1, 0.15) is 34.0 Å². The molecule has 2 aromatic rings. The smallest absolute Gasteiger partial charge is 0.335 e. The van der Waals surface area contributed by atoms with E-state index in [9.17, 15) is 9.59 Å². The number of nitrogens with zero attached hydrogens (tertiary/aromatic N) is 3. The minimum atomic E-state index is -0.986. The molecule has 1 atom stereocenters. The second-order valence-electron chi connectivity index (χ2n) is 7.10. The lowest BCUT2D eigenvalue weighted by molar-refractivity contribution is -0.128. The first kappa shape index (κ1) is 19.9. The molecule has 2 aliphatic heterocycles. The highest BCUT2D eigenvalue weighted by Gasteiger charge is 2.28. The van der Waals surface area contributed by atoms with E-state index in [0.717, 1.165) is 16.7 Å². The maximum absolute atomic E-state index is 12.8. The highest BCUT2D eigenvalue weighted by atomic mass is 16.4. The van der Waals surface area contributed by atoms with E-state index in [1.807, 2.05) is 12.2 Å². The SMILES string of the molecule is CC1=N/N2C(=O)C=C(c3ccc(C#N)cc3)NC2/C=C(c2ccc(C(=O)O)cc2)/C=C\1. The summed E-state index contributed by atoms with van der Waals surface area (Å²) in [6, 6.07) is 15.6. The molecule has 31 heavy (non-hydrogen) atoms. The molecule has 152 valence electrons. The quantitative estimate of drug-likeness (QED) is 0.807. The lowest BCUT2D eigenvalue weighted by Crippen LogP contribution is -2.47. The zero-order valence-electron chi connectivity index (χ0n) is 16.6. The molecular formula is C24H18N4O3. The largest absolute Gasteiger partial charge is 0.478 e. The lowest BCUT2D eigenvalue weighted by atomic mass is 10.0. The lowest BCUT2D eigenvalue weighted by Gasteiger charge is -2.32. The summed E-state index contributed by atoms with van der Waals surface area (Å²) < 4.78 is 0. The van der Waals surface area contributed by atoms with E-state index in [-0.39, 0.29) is 11.5 Å². The molecule has 2 heterocycles. The molecule has 0 spiro atoms. The number of carboxylic acid groups (broad SMARTS) is 1. The minimum Gasteiger partial charge on any atom is -0.478 e. The number of fused-ring (bicyclic) bond motifs is 1. The van der Waals surface area contributed by atoms with Crippen molar-refractivity contribution in [2.75, 3.05) is 0 Å². The highest BCUT2D eigenvalue weighted by Crippen LogP contribution is 2.25. The molecule has 0 aromatic heterocycles. The number of carboxylic acids is 1. The van der Waals surface area contributed by atoms with Crippen molar-refractivity contribution < 1.29 is 14.7 Å². The molecule has 4 rings (SSSR count). The predicted octanol–water partition coefficient (Wildman–Crippen LogP) is 3.38. The number of aromatic carboxylic acids is 1. The van der Waals surface area contributed by atoms with Gasteiger partial charge in [0.15, 0.2) is 0 Å². The Labute approximate surface area is 178 Å². The van der Waals surface area contributed by atoms with Crippen molar-refractivity contribution in [3.8, 4) is 6.07 Å². The van der Waals surface area contributed by atoms with Gasteiger partial charge in [-0.15, -0.1) is 0 Å². The van der Waals surface area contributed by atoms with Crippen molar-refractivity contribution in [2.45, 2.75) is 13.1 Å².